The standard InChI is InChI=1S/C20H22F3N3OS/c1-13-2-4-16-14(10-13)11-17(28-16)19(27)26-8-6-25(7-9-26)18-5-3-15(12-24-18)20(21,22)23/h3,5,11-13H,2,4,6-10H2,1H3/t13-/m0/s1. The molecule has 0 spiro atoms. The fraction of sp³-hybridized carbons (Fsp3) is 0.500. The minimum Gasteiger partial charge on any atom is -0.353 e. The van der Waals surface area contributed by atoms with Crippen LogP contribution in [0.1, 0.15) is 39.0 Å². The third kappa shape index (κ3) is 3.87. The number of alkyl halides is 3. The number of hydrogen-bond donors (Lipinski definition) is 0. The van der Waals surface area contributed by atoms with Crippen molar-refractivity contribution < 1.29 is 18.0 Å². The highest BCUT2D eigenvalue weighted by Crippen LogP contribution is 2.33. The summed E-state index contributed by atoms with van der Waals surface area (Å²) in [5.41, 5.74) is 0.570. The van der Waals surface area contributed by atoms with Crippen LogP contribution in [-0.4, -0.2) is 42.0 Å². The zero-order valence-electron chi connectivity index (χ0n) is 15.6. The van der Waals surface area contributed by atoms with Crippen LogP contribution in [0.3, 0.4) is 0 Å². The number of aryl methyl sites for hydroxylation is 1. The van der Waals surface area contributed by atoms with Crippen LogP contribution in [0.15, 0.2) is 24.4 Å². The number of piperazine rings is 1. The second-order valence-corrected chi connectivity index (χ2v) is 8.73. The predicted molar refractivity (Wildman–Crippen MR) is 103 cm³/mol. The lowest BCUT2D eigenvalue weighted by atomic mass is 9.90. The molecule has 0 radical (unpaired) electrons. The normalized spacial score (nSPS) is 20.2. The summed E-state index contributed by atoms with van der Waals surface area (Å²) in [5, 5.41) is 0. The van der Waals surface area contributed by atoms with Gasteiger partial charge in [-0.3, -0.25) is 4.79 Å². The van der Waals surface area contributed by atoms with Gasteiger partial charge in [0.05, 0.1) is 10.4 Å². The first kappa shape index (κ1) is 19.2. The summed E-state index contributed by atoms with van der Waals surface area (Å²) in [6.07, 6.45) is -0.230. The van der Waals surface area contributed by atoms with Crippen LogP contribution < -0.4 is 4.90 Å². The lowest BCUT2D eigenvalue weighted by Crippen LogP contribution is -2.48. The van der Waals surface area contributed by atoms with Gasteiger partial charge in [0.15, 0.2) is 0 Å². The molecule has 0 saturated carbocycles. The van der Waals surface area contributed by atoms with Crippen molar-refractivity contribution in [1.82, 2.24) is 9.88 Å². The Morgan fingerprint density at radius 1 is 1.21 bits per heavy atom. The van der Waals surface area contributed by atoms with Crippen LogP contribution in [-0.2, 0) is 19.0 Å². The van der Waals surface area contributed by atoms with Gasteiger partial charge < -0.3 is 9.80 Å². The molecule has 1 amide bonds. The smallest absolute Gasteiger partial charge is 0.353 e. The van der Waals surface area contributed by atoms with E-state index in [0.29, 0.717) is 37.9 Å². The van der Waals surface area contributed by atoms with Crippen molar-refractivity contribution in [2.45, 2.75) is 32.4 Å². The highest BCUT2D eigenvalue weighted by Gasteiger charge is 2.31. The topological polar surface area (TPSA) is 36.4 Å². The molecule has 0 aromatic carbocycles. The largest absolute Gasteiger partial charge is 0.417 e. The van der Waals surface area contributed by atoms with Gasteiger partial charge in [-0.05, 0) is 48.9 Å². The summed E-state index contributed by atoms with van der Waals surface area (Å²) in [5.74, 6) is 1.25. The Morgan fingerprint density at radius 3 is 2.61 bits per heavy atom. The molecule has 28 heavy (non-hydrogen) atoms. The lowest BCUT2D eigenvalue weighted by Gasteiger charge is -2.35. The number of carbonyl (C=O) groups is 1. The van der Waals surface area contributed by atoms with Gasteiger partial charge in [-0.25, -0.2) is 4.98 Å². The van der Waals surface area contributed by atoms with Crippen LogP contribution in [0.2, 0.25) is 0 Å². The molecule has 2 aromatic rings. The van der Waals surface area contributed by atoms with E-state index in [2.05, 4.69) is 18.0 Å². The maximum Gasteiger partial charge on any atom is 0.417 e. The molecule has 0 unspecified atom stereocenters. The number of hydrogen-bond acceptors (Lipinski definition) is 4. The summed E-state index contributed by atoms with van der Waals surface area (Å²) >= 11 is 1.62. The average Bonchev–Trinajstić information content (AvgIpc) is 3.10. The number of pyridine rings is 1. The van der Waals surface area contributed by atoms with Crippen molar-refractivity contribution in [1.29, 1.82) is 0 Å². The van der Waals surface area contributed by atoms with E-state index < -0.39 is 11.7 Å². The van der Waals surface area contributed by atoms with E-state index in [0.717, 1.165) is 30.0 Å². The first-order chi connectivity index (χ1) is 13.3. The molecule has 4 nitrogen and oxygen atoms in total. The maximum absolute atomic E-state index is 12.9. The Kier molecular flexibility index (Phi) is 5.07. The van der Waals surface area contributed by atoms with E-state index >= 15 is 0 Å². The van der Waals surface area contributed by atoms with Crippen molar-refractivity contribution in [2.24, 2.45) is 5.92 Å². The molecule has 1 saturated heterocycles. The molecule has 2 aliphatic rings. The number of fused-ring (bicyclic) bond motifs is 1. The van der Waals surface area contributed by atoms with Gasteiger partial charge in [0.1, 0.15) is 5.82 Å². The third-order valence-corrected chi connectivity index (χ3v) is 6.73. The van der Waals surface area contributed by atoms with Crippen LogP contribution >= 0.6 is 11.3 Å². The summed E-state index contributed by atoms with van der Waals surface area (Å²) in [6, 6.07) is 4.51. The fourth-order valence-electron chi connectivity index (χ4n) is 3.85. The number of amides is 1. The van der Waals surface area contributed by atoms with Crippen molar-refractivity contribution >= 4 is 23.1 Å². The van der Waals surface area contributed by atoms with Gasteiger partial charge >= 0.3 is 6.18 Å². The first-order valence-corrected chi connectivity index (χ1v) is 10.3. The van der Waals surface area contributed by atoms with Crippen molar-refractivity contribution in [2.75, 3.05) is 31.1 Å². The van der Waals surface area contributed by atoms with Crippen LogP contribution in [0.5, 0.6) is 0 Å². The third-order valence-electron chi connectivity index (χ3n) is 5.51. The predicted octanol–water partition coefficient (Wildman–Crippen LogP) is 4.25. The minimum atomic E-state index is -4.38. The second-order valence-electron chi connectivity index (χ2n) is 7.59. The quantitative estimate of drug-likeness (QED) is 0.744. The van der Waals surface area contributed by atoms with E-state index in [1.54, 1.807) is 11.3 Å². The van der Waals surface area contributed by atoms with E-state index in [4.69, 9.17) is 0 Å². The van der Waals surface area contributed by atoms with Crippen LogP contribution in [0.4, 0.5) is 19.0 Å². The summed E-state index contributed by atoms with van der Waals surface area (Å²) in [7, 11) is 0. The van der Waals surface area contributed by atoms with E-state index in [9.17, 15) is 18.0 Å². The van der Waals surface area contributed by atoms with Gasteiger partial charge in [0.25, 0.3) is 5.91 Å². The zero-order chi connectivity index (χ0) is 19.9. The number of rotatable bonds is 2. The Bertz CT molecular complexity index is 855. The van der Waals surface area contributed by atoms with Crippen LogP contribution in [0, 0.1) is 5.92 Å². The fourth-order valence-corrected chi connectivity index (χ4v) is 5.02. The van der Waals surface area contributed by atoms with Gasteiger partial charge in [0, 0.05) is 37.3 Å². The Morgan fingerprint density at radius 2 is 1.96 bits per heavy atom. The first-order valence-electron chi connectivity index (χ1n) is 9.50. The summed E-state index contributed by atoms with van der Waals surface area (Å²) < 4.78 is 38.0. The molecular formula is C20H22F3N3OS. The van der Waals surface area contributed by atoms with E-state index in [1.807, 2.05) is 9.80 Å². The second kappa shape index (κ2) is 7.39. The number of anilines is 1. The average molecular weight is 409 g/mol. The van der Waals surface area contributed by atoms with Crippen molar-refractivity contribution in [3.63, 3.8) is 0 Å². The molecule has 2 aromatic heterocycles. The molecule has 0 N–H and O–H groups in total. The molecular weight excluding hydrogens is 387 g/mol. The van der Waals surface area contributed by atoms with Gasteiger partial charge in [0.2, 0.25) is 0 Å². The number of nitrogens with zero attached hydrogens (tertiary/aromatic N) is 3. The number of carbonyl (C=O) groups excluding carboxylic acids is 1. The molecule has 3 heterocycles. The molecule has 1 aliphatic heterocycles. The monoisotopic (exact) mass is 409 g/mol. The Hall–Kier alpha value is -2.09. The molecule has 8 heteroatoms. The minimum absolute atomic E-state index is 0.0621. The SMILES string of the molecule is C[C@H]1CCc2sc(C(=O)N3CCN(c4ccc(C(F)(F)F)cn4)CC3)cc2C1. The van der Waals surface area contributed by atoms with E-state index in [1.165, 1.54) is 22.9 Å². The lowest BCUT2D eigenvalue weighted by molar-refractivity contribution is -0.137. The summed E-state index contributed by atoms with van der Waals surface area (Å²) in [4.78, 5) is 22.7. The highest BCUT2D eigenvalue weighted by molar-refractivity contribution is 7.14. The van der Waals surface area contributed by atoms with Crippen molar-refractivity contribution in [3.8, 4) is 0 Å². The number of halogens is 3. The molecule has 150 valence electrons. The molecule has 1 aliphatic carbocycles. The Balaban J connectivity index is 1.38. The molecule has 1 atom stereocenters. The van der Waals surface area contributed by atoms with Gasteiger partial charge in [-0.1, -0.05) is 6.92 Å². The highest BCUT2D eigenvalue weighted by atomic mass is 32.1. The van der Waals surface area contributed by atoms with Crippen LogP contribution in [0.25, 0.3) is 0 Å². The Labute approximate surface area is 166 Å². The molecule has 0 bridgehead atoms. The molecule has 1 fully saturated rings. The maximum atomic E-state index is 12.9. The zero-order valence-corrected chi connectivity index (χ0v) is 16.4. The van der Waals surface area contributed by atoms with Gasteiger partial charge in [-0.2, -0.15) is 13.2 Å². The summed E-state index contributed by atoms with van der Waals surface area (Å²) in [6.45, 7) is 4.45. The number of aromatic nitrogens is 1. The van der Waals surface area contributed by atoms with Gasteiger partial charge in [-0.15, -0.1) is 11.3 Å². The molecule has 4 rings (SSSR count). The number of thiophene rings is 1. The van der Waals surface area contributed by atoms with Crippen molar-refractivity contribution in [3.05, 3.63) is 45.3 Å². The van der Waals surface area contributed by atoms with E-state index in [-0.39, 0.29) is 5.91 Å².